The van der Waals surface area contributed by atoms with Crippen LogP contribution in [-0.2, 0) is 0 Å². The standard InChI is InChI=1S/C21H23N3O2/c1-3-26-18-10-8-16(9-11-18)21(25)23-13-12-17(14-23)24-15(2)22-19-6-4-5-7-20(19)24/h4-11,17H,3,12-14H2,1-2H3. The molecular weight excluding hydrogens is 326 g/mol. The Bertz CT molecular complexity index is 930. The average molecular weight is 349 g/mol. The van der Waals surface area contributed by atoms with Crippen LogP contribution in [0.3, 0.4) is 0 Å². The summed E-state index contributed by atoms with van der Waals surface area (Å²) in [6.07, 6.45) is 0.948. The van der Waals surface area contributed by atoms with Crippen LogP contribution in [-0.4, -0.2) is 40.1 Å². The first kappa shape index (κ1) is 16.6. The number of hydrogen-bond donors (Lipinski definition) is 0. The molecule has 5 nitrogen and oxygen atoms in total. The van der Waals surface area contributed by atoms with Crippen molar-refractivity contribution in [3.05, 3.63) is 59.9 Å². The summed E-state index contributed by atoms with van der Waals surface area (Å²) < 4.78 is 7.73. The highest BCUT2D eigenvalue weighted by atomic mass is 16.5. The molecule has 0 radical (unpaired) electrons. The van der Waals surface area contributed by atoms with Crippen molar-refractivity contribution in [1.29, 1.82) is 0 Å². The van der Waals surface area contributed by atoms with Gasteiger partial charge in [-0.1, -0.05) is 12.1 Å². The fourth-order valence-electron chi connectivity index (χ4n) is 3.81. The zero-order valence-electron chi connectivity index (χ0n) is 15.2. The maximum absolute atomic E-state index is 12.8. The number of fused-ring (bicyclic) bond motifs is 1. The van der Waals surface area contributed by atoms with Gasteiger partial charge in [0.2, 0.25) is 0 Å². The number of benzene rings is 2. The molecule has 1 fully saturated rings. The molecule has 5 heteroatoms. The topological polar surface area (TPSA) is 47.4 Å². The molecule has 0 aliphatic carbocycles. The quantitative estimate of drug-likeness (QED) is 0.719. The van der Waals surface area contributed by atoms with Crippen LogP contribution in [0, 0.1) is 6.92 Å². The van der Waals surface area contributed by atoms with Crippen molar-refractivity contribution >= 4 is 16.9 Å². The number of hydrogen-bond acceptors (Lipinski definition) is 3. The van der Waals surface area contributed by atoms with Gasteiger partial charge < -0.3 is 14.2 Å². The smallest absolute Gasteiger partial charge is 0.253 e. The summed E-state index contributed by atoms with van der Waals surface area (Å²) in [7, 11) is 0. The van der Waals surface area contributed by atoms with Crippen LogP contribution in [0.1, 0.15) is 35.6 Å². The first-order chi connectivity index (χ1) is 12.7. The van der Waals surface area contributed by atoms with Gasteiger partial charge in [-0.3, -0.25) is 4.79 Å². The number of para-hydroxylation sites is 2. The summed E-state index contributed by atoms with van der Waals surface area (Å²) in [5.41, 5.74) is 2.87. The Kier molecular flexibility index (Phi) is 4.37. The fraction of sp³-hybridized carbons (Fsp3) is 0.333. The Labute approximate surface area is 153 Å². The Morgan fingerprint density at radius 2 is 1.96 bits per heavy atom. The molecule has 1 aliphatic heterocycles. The predicted molar refractivity (Wildman–Crippen MR) is 102 cm³/mol. The van der Waals surface area contributed by atoms with Crippen LogP contribution in [0.5, 0.6) is 5.75 Å². The van der Waals surface area contributed by atoms with E-state index in [-0.39, 0.29) is 11.9 Å². The summed E-state index contributed by atoms with van der Waals surface area (Å²) in [6.45, 7) is 6.09. The van der Waals surface area contributed by atoms with Gasteiger partial charge in [0, 0.05) is 18.7 Å². The molecule has 0 N–H and O–H groups in total. The van der Waals surface area contributed by atoms with E-state index in [0.717, 1.165) is 35.6 Å². The van der Waals surface area contributed by atoms with E-state index in [0.29, 0.717) is 18.7 Å². The number of imidazole rings is 1. The molecule has 1 saturated heterocycles. The van der Waals surface area contributed by atoms with E-state index in [2.05, 4.69) is 15.6 Å². The number of ether oxygens (including phenoxy) is 1. The Morgan fingerprint density at radius 3 is 2.73 bits per heavy atom. The van der Waals surface area contributed by atoms with Gasteiger partial charge in [0.05, 0.1) is 23.7 Å². The lowest BCUT2D eigenvalue weighted by molar-refractivity contribution is 0.0787. The van der Waals surface area contributed by atoms with E-state index < -0.39 is 0 Å². The number of likely N-dealkylation sites (tertiary alicyclic amines) is 1. The van der Waals surface area contributed by atoms with Crippen molar-refractivity contribution in [2.75, 3.05) is 19.7 Å². The second-order valence-electron chi connectivity index (χ2n) is 6.67. The summed E-state index contributed by atoms with van der Waals surface area (Å²) >= 11 is 0. The molecule has 2 aromatic carbocycles. The Morgan fingerprint density at radius 1 is 1.19 bits per heavy atom. The monoisotopic (exact) mass is 349 g/mol. The molecular formula is C21H23N3O2. The van der Waals surface area contributed by atoms with Gasteiger partial charge in [0.1, 0.15) is 11.6 Å². The van der Waals surface area contributed by atoms with Crippen LogP contribution in [0.2, 0.25) is 0 Å². The third-order valence-electron chi connectivity index (χ3n) is 5.00. The van der Waals surface area contributed by atoms with E-state index >= 15 is 0 Å². The largest absolute Gasteiger partial charge is 0.494 e. The van der Waals surface area contributed by atoms with Gasteiger partial charge in [-0.05, 0) is 56.7 Å². The number of aromatic nitrogens is 2. The summed E-state index contributed by atoms with van der Waals surface area (Å²) in [5.74, 6) is 1.88. The third kappa shape index (κ3) is 2.94. The predicted octanol–water partition coefficient (Wildman–Crippen LogP) is 3.83. The number of amides is 1. The van der Waals surface area contributed by atoms with Crippen LogP contribution < -0.4 is 4.74 Å². The molecule has 1 atom stereocenters. The van der Waals surface area contributed by atoms with Crippen LogP contribution in [0.4, 0.5) is 0 Å². The van der Waals surface area contributed by atoms with E-state index in [1.165, 1.54) is 0 Å². The minimum absolute atomic E-state index is 0.0811. The number of carbonyl (C=O) groups is 1. The zero-order valence-corrected chi connectivity index (χ0v) is 15.2. The first-order valence-electron chi connectivity index (χ1n) is 9.13. The van der Waals surface area contributed by atoms with E-state index in [1.807, 2.05) is 61.2 Å². The molecule has 1 aliphatic rings. The van der Waals surface area contributed by atoms with Crippen molar-refractivity contribution in [3.63, 3.8) is 0 Å². The molecule has 2 heterocycles. The molecule has 26 heavy (non-hydrogen) atoms. The fourth-order valence-corrected chi connectivity index (χ4v) is 3.81. The Balaban J connectivity index is 1.52. The lowest BCUT2D eigenvalue weighted by Crippen LogP contribution is -2.29. The minimum atomic E-state index is 0.0811. The lowest BCUT2D eigenvalue weighted by atomic mass is 10.2. The number of aryl methyl sites for hydroxylation is 1. The van der Waals surface area contributed by atoms with Crippen molar-refractivity contribution in [2.24, 2.45) is 0 Å². The van der Waals surface area contributed by atoms with Crippen molar-refractivity contribution in [1.82, 2.24) is 14.5 Å². The summed E-state index contributed by atoms with van der Waals surface area (Å²) in [5, 5.41) is 0. The molecule has 1 aromatic heterocycles. The van der Waals surface area contributed by atoms with Gasteiger partial charge in [-0.2, -0.15) is 0 Å². The molecule has 3 aromatic rings. The van der Waals surface area contributed by atoms with Gasteiger partial charge in [0.15, 0.2) is 0 Å². The maximum atomic E-state index is 12.8. The van der Waals surface area contributed by atoms with Crippen LogP contribution in [0.25, 0.3) is 11.0 Å². The molecule has 0 bridgehead atoms. The lowest BCUT2D eigenvalue weighted by Gasteiger charge is -2.18. The van der Waals surface area contributed by atoms with E-state index in [4.69, 9.17) is 4.74 Å². The second-order valence-corrected chi connectivity index (χ2v) is 6.67. The first-order valence-corrected chi connectivity index (χ1v) is 9.13. The molecule has 1 unspecified atom stereocenters. The number of nitrogens with zero attached hydrogens (tertiary/aromatic N) is 3. The normalized spacial score (nSPS) is 17.0. The Hall–Kier alpha value is -2.82. The van der Waals surface area contributed by atoms with E-state index in [1.54, 1.807) is 0 Å². The molecule has 134 valence electrons. The van der Waals surface area contributed by atoms with Gasteiger partial charge in [0.25, 0.3) is 5.91 Å². The zero-order chi connectivity index (χ0) is 18.1. The van der Waals surface area contributed by atoms with E-state index in [9.17, 15) is 4.79 Å². The van der Waals surface area contributed by atoms with Crippen LogP contribution >= 0.6 is 0 Å². The SMILES string of the molecule is CCOc1ccc(C(=O)N2CCC(n3c(C)nc4ccccc43)C2)cc1. The van der Waals surface area contributed by atoms with Crippen molar-refractivity contribution in [2.45, 2.75) is 26.3 Å². The van der Waals surface area contributed by atoms with Crippen molar-refractivity contribution < 1.29 is 9.53 Å². The molecule has 0 saturated carbocycles. The van der Waals surface area contributed by atoms with Crippen LogP contribution in [0.15, 0.2) is 48.5 Å². The molecule has 1 amide bonds. The average Bonchev–Trinajstić information content (AvgIpc) is 3.25. The highest BCUT2D eigenvalue weighted by molar-refractivity contribution is 5.94. The third-order valence-corrected chi connectivity index (χ3v) is 5.00. The molecule has 0 spiro atoms. The highest BCUT2D eigenvalue weighted by Gasteiger charge is 2.29. The number of carbonyl (C=O) groups excluding carboxylic acids is 1. The minimum Gasteiger partial charge on any atom is -0.494 e. The van der Waals surface area contributed by atoms with Crippen molar-refractivity contribution in [3.8, 4) is 5.75 Å². The highest BCUT2D eigenvalue weighted by Crippen LogP contribution is 2.29. The number of rotatable bonds is 4. The maximum Gasteiger partial charge on any atom is 0.253 e. The summed E-state index contributed by atoms with van der Waals surface area (Å²) in [4.78, 5) is 19.4. The summed E-state index contributed by atoms with van der Waals surface area (Å²) in [6, 6.07) is 15.9. The second kappa shape index (κ2) is 6.83. The molecule has 4 rings (SSSR count). The van der Waals surface area contributed by atoms with Gasteiger partial charge >= 0.3 is 0 Å². The van der Waals surface area contributed by atoms with Gasteiger partial charge in [-0.25, -0.2) is 4.98 Å². The van der Waals surface area contributed by atoms with Gasteiger partial charge in [-0.15, -0.1) is 0 Å².